The number of furan rings is 1. The number of rotatable bonds is 7. The zero-order valence-corrected chi connectivity index (χ0v) is 14.0. The minimum atomic E-state index is 0.299. The topological polar surface area (TPSA) is 81.9 Å². The first-order chi connectivity index (χ1) is 11.6. The lowest BCUT2D eigenvalue weighted by molar-refractivity contribution is 0.336. The number of aromatic nitrogens is 4. The molecule has 3 heterocycles. The molecule has 0 spiro atoms. The van der Waals surface area contributed by atoms with Gasteiger partial charge in [0.15, 0.2) is 5.76 Å². The molecule has 0 atom stereocenters. The molecule has 24 heavy (non-hydrogen) atoms. The molecule has 3 aromatic rings. The molecular formula is C17H21N5O2. The lowest BCUT2D eigenvalue weighted by Gasteiger charge is -2.16. The Labute approximate surface area is 140 Å². The van der Waals surface area contributed by atoms with Crippen LogP contribution in [-0.4, -0.2) is 26.5 Å². The minimum absolute atomic E-state index is 0.299. The fourth-order valence-electron chi connectivity index (χ4n) is 2.99. The highest BCUT2D eigenvalue weighted by Crippen LogP contribution is 2.46. The van der Waals surface area contributed by atoms with Crippen molar-refractivity contribution in [3.05, 3.63) is 41.7 Å². The standard InChI is InChI=1S/C17H21N5O2/c1-12-8-13(2)22(20-12)11-17(5-6-17)10-18-9-15-19-16(21-24-15)14-4-3-7-23-14/h3-4,7-8,18H,5-6,9-11H2,1-2H3. The van der Waals surface area contributed by atoms with E-state index >= 15 is 0 Å². The van der Waals surface area contributed by atoms with Gasteiger partial charge in [0.1, 0.15) is 0 Å². The van der Waals surface area contributed by atoms with Gasteiger partial charge < -0.3 is 14.3 Å². The summed E-state index contributed by atoms with van der Waals surface area (Å²) in [7, 11) is 0. The van der Waals surface area contributed by atoms with Crippen LogP contribution in [0.1, 0.15) is 30.1 Å². The Kier molecular flexibility index (Phi) is 3.72. The molecule has 126 valence electrons. The predicted octanol–water partition coefficient (Wildman–Crippen LogP) is 2.71. The Balaban J connectivity index is 1.32. The quantitative estimate of drug-likeness (QED) is 0.718. The van der Waals surface area contributed by atoms with E-state index in [0.29, 0.717) is 29.4 Å². The Morgan fingerprint density at radius 3 is 2.88 bits per heavy atom. The van der Waals surface area contributed by atoms with Gasteiger partial charge in [0.05, 0.1) is 18.5 Å². The third-order valence-electron chi connectivity index (χ3n) is 4.53. The first-order valence-corrected chi connectivity index (χ1v) is 8.22. The van der Waals surface area contributed by atoms with Crippen molar-refractivity contribution >= 4 is 0 Å². The third-order valence-corrected chi connectivity index (χ3v) is 4.53. The van der Waals surface area contributed by atoms with Gasteiger partial charge >= 0.3 is 0 Å². The largest absolute Gasteiger partial charge is 0.461 e. The Morgan fingerprint density at radius 2 is 2.21 bits per heavy atom. The molecule has 4 rings (SSSR count). The van der Waals surface area contributed by atoms with Crippen molar-refractivity contribution in [2.24, 2.45) is 5.41 Å². The molecule has 0 saturated heterocycles. The van der Waals surface area contributed by atoms with Gasteiger partial charge in [-0.15, -0.1) is 0 Å². The van der Waals surface area contributed by atoms with Crippen molar-refractivity contribution in [3.8, 4) is 11.6 Å². The lowest BCUT2D eigenvalue weighted by atomic mass is 10.1. The average Bonchev–Trinajstić information content (AvgIpc) is 2.96. The molecule has 0 unspecified atom stereocenters. The molecule has 0 amide bonds. The summed E-state index contributed by atoms with van der Waals surface area (Å²) in [5, 5.41) is 12.0. The van der Waals surface area contributed by atoms with E-state index < -0.39 is 0 Å². The molecule has 1 aliphatic rings. The van der Waals surface area contributed by atoms with Crippen molar-refractivity contribution < 1.29 is 8.94 Å². The van der Waals surface area contributed by atoms with Crippen LogP contribution in [0.3, 0.4) is 0 Å². The second-order valence-corrected chi connectivity index (χ2v) is 6.68. The Bertz CT molecular complexity index is 814. The number of aryl methyl sites for hydroxylation is 2. The Hall–Kier alpha value is -2.41. The van der Waals surface area contributed by atoms with Crippen LogP contribution >= 0.6 is 0 Å². The van der Waals surface area contributed by atoms with Gasteiger partial charge in [-0.25, -0.2) is 0 Å². The van der Waals surface area contributed by atoms with Crippen molar-refractivity contribution in [2.45, 2.75) is 39.8 Å². The lowest BCUT2D eigenvalue weighted by Crippen LogP contribution is -2.28. The number of hydrogen-bond acceptors (Lipinski definition) is 6. The maximum Gasteiger partial charge on any atom is 0.241 e. The first-order valence-electron chi connectivity index (χ1n) is 8.22. The van der Waals surface area contributed by atoms with Crippen LogP contribution in [-0.2, 0) is 13.1 Å². The molecule has 1 saturated carbocycles. The van der Waals surface area contributed by atoms with Gasteiger partial charge in [-0.2, -0.15) is 10.1 Å². The molecular weight excluding hydrogens is 306 g/mol. The highest BCUT2D eigenvalue weighted by Gasteiger charge is 2.43. The van der Waals surface area contributed by atoms with Crippen molar-refractivity contribution in [2.75, 3.05) is 6.54 Å². The maximum absolute atomic E-state index is 5.27. The summed E-state index contributed by atoms with van der Waals surface area (Å²) < 4.78 is 12.6. The van der Waals surface area contributed by atoms with E-state index in [1.165, 1.54) is 18.5 Å². The summed E-state index contributed by atoms with van der Waals surface area (Å²) in [6.45, 7) is 6.59. The highest BCUT2D eigenvalue weighted by atomic mass is 16.5. The molecule has 7 heteroatoms. The maximum atomic E-state index is 5.27. The van der Waals surface area contributed by atoms with Gasteiger partial charge in [0.2, 0.25) is 11.7 Å². The molecule has 1 fully saturated rings. The van der Waals surface area contributed by atoms with E-state index in [-0.39, 0.29) is 0 Å². The van der Waals surface area contributed by atoms with Crippen LogP contribution in [0.2, 0.25) is 0 Å². The van der Waals surface area contributed by atoms with Crippen molar-refractivity contribution in [1.29, 1.82) is 0 Å². The average molecular weight is 327 g/mol. The van der Waals surface area contributed by atoms with E-state index in [2.05, 4.69) is 38.2 Å². The van der Waals surface area contributed by atoms with Crippen LogP contribution in [0.4, 0.5) is 0 Å². The van der Waals surface area contributed by atoms with Gasteiger partial charge in [0.25, 0.3) is 0 Å². The van der Waals surface area contributed by atoms with Gasteiger partial charge in [-0.3, -0.25) is 4.68 Å². The normalized spacial score (nSPS) is 15.8. The van der Waals surface area contributed by atoms with Crippen LogP contribution in [0.5, 0.6) is 0 Å². The SMILES string of the molecule is Cc1cc(C)n(CC2(CNCc3nc(-c4ccco4)no3)CC2)n1. The summed E-state index contributed by atoms with van der Waals surface area (Å²) in [4.78, 5) is 4.34. The number of nitrogens with one attached hydrogen (secondary N) is 1. The minimum Gasteiger partial charge on any atom is -0.461 e. The summed E-state index contributed by atoms with van der Waals surface area (Å²) in [5.41, 5.74) is 2.60. The van der Waals surface area contributed by atoms with Gasteiger partial charge in [-0.05, 0) is 44.9 Å². The summed E-state index contributed by atoms with van der Waals surface area (Å²) in [6, 6.07) is 5.74. The molecule has 0 aliphatic heterocycles. The van der Waals surface area contributed by atoms with Crippen molar-refractivity contribution in [1.82, 2.24) is 25.2 Å². The number of nitrogens with zero attached hydrogens (tertiary/aromatic N) is 4. The molecule has 1 aliphatic carbocycles. The molecule has 1 N–H and O–H groups in total. The van der Waals surface area contributed by atoms with Crippen LogP contribution < -0.4 is 5.32 Å². The molecule has 0 radical (unpaired) electrons. The predicted molar refractivity (Wildman–Crippen MR) is 87.1 cm³/mol. The zero-order valence-electron chi connectivity index (χ0n) is 14.0. The van der Waals surface area contributed by atoms with Crippen LogP contribution in [0.25, 0.3) is 11.6 Å². The van der Waals surface area contributed by atoms with E-state index in [1.807, 2.05) is 13.0 Å². The van der Waals surface area contributed by atoms with Gasteiger partial charge in [-0.1, -0.05) is 5.16 Å². The summed E-state index contributed by atoms with van der Waals surface area (Å²) in [6.07, 6.45) is 4.04. The van der Waals surface area contributed by atoms with E-state index in [4.69, 9.17) is 8.94 Å². The Morgan fingerprint density at radius 1 is 1.33 bits per heavy atom. The summed E-state index contributed by atoms with van der Waals surface area (Å²) in [5.74, 6) is 1.68. The second kappa shape index (κ2) is 5.90. The van der Waals surface area contributed by atoms with E-state index in [1.54, 1.807) is 12.3 Å². The van der Waals surface area contributed by atoms with Crippen LogP contribution in [0.15, 0.2) is 33.4 Å². The number of hydrogen-bond donors (Lipinski definition) is 1. The highest BCUT2D eigenvalue weighted by molar-refractivity contribution is 5.44. The second-order valence-electron chi connectivity index (χ2n) is 6.68. The molecule has 0 aromatic carbocycles. The molecule has 0 bridgehead atoms. The van der Waals surface area contributed by atoms with Crippen molar-refractivity contribution in [3.63, 3.8) is 0 Å². The monoisotopic (exact) mass is 327 g/mol. The third kappa shape index (κ3) is 3.12. The zero-order chi connectivity index (χ0) is 16.6. The van der Waals surface area contributed by atoms with Crippen LogP contribution in [0, 0.1) is 19.3 Å². The smallest absolute Gasteiger partial charge is 0.241 e. The van der Waals surface area contributed by atoms with E-state index in [9.17, 15) is 0 Å². The fraction of sp³-hybridized carbons (Fsp3) is 0.471. The molecule has 3 aromatic heterocycles. The van der Waals surface area contributed by atoms with Gasteiger partial charge in [0, 0.05) is 24.2 Å². The fourth-order valence-corrected chi connectivity index (χ4v) is 2.99. The molecule has 7 nitrogen and oxygen atoms in total. The summed E-state index contributed by atoms with van der Waals surface area (Å²) >= 11 is 0. The van der Waals surface area contributed by atoms with E-state index in [0.717, 1.165) is 18.8 Å². The first kappa shape index (κ1) is 15.1.